The van der Waals surface area contributed by atoms with Gasteiger partial charge in [0, 0.05) is 0 Å². The summed E-state index contributed by atoms with van der Waals surface area (Å²) in [5, 5.41) is 2.87. The van der Waals surface area contributed by atoms with Crippen LogP contribution in [0.1, 0.15) is 32.8 Å². The number of carbonyl (C=O) groups is 2. The zero-order valence-electron chi connectivity index (χ0n) is 18.8. The number of rotatable bonds is 8. The molecule has 0 aromatic heterocycles. The Kier molecular flexibility index (Phi) is 7.94. The van der Waals surface area contributed by atoms with Crippen molar-refractivity contribution in [2.24, 2.45) is 0 Å². The number of nitrogens with one attached hydrogen (secondary N) is 1. The average molecular weight is 489 g/mol. The summed E-state index contributed by atoms with van der Waals surface area (Å²) in [7, 11) is 1.50. The van der Waals surface area contributed by atoms with E-state index in [1.54, 1.807) is 36.4 Å². The van der Waals surface area contributed by atoms with E-state index >= 15 is 0 Å². The van der Waals surface area contributed by atoms with Gasteiger partial charge in [-0.15, -0.1) is 0 Å². The molecule has 3 rings (SSSR count). The van der Waals surface area contributed by atoms with Crippen molar-refractivity contribution >= 4 is 52.5 Å². The van der Waals surface area contributed by atoms with Crippen LogP contribution in [0.3, 0.4) is 0 Å². The Morgan fingerprint density at radius 3 is 2.48 bits per heavy atom. The molecular weight excluding hydrogens is 464 g/mol. The number of ether oxygens (including phenoxy) is 3. The summed E-state index contributed by atoms with van der Waals surface area (Å²) in [5.41, 5.74) is 0.921. The lowest BCUT2D eigenvalue weighted by atomic mass is 10.1. The normalized spacial score (nSPS) is 16.0. The van der Waals surface area contributed by atoms with Gasteiger partial charge in [-0.2, -0.15) is 0 Å². The highest BCUT2D eigenvalue weighted by Gasteiger charge is 2.34. The third-order valence-corrected chi connectivity index (χ3v) is 5.53. The highest BCUT2D eigenvalue weighted by Crippen LogP contribution is 2.38. The van der Waals surface area contributed by atoms with Crippen molar-refractivity contribution in [1.82, 2.24) is 5.32 Å². The second kappa shape index (κ2) is 10.7. The van der Waals surface area contributed by atoms with Crippen LogP contribution < -0.4 is 24.4 Å². The molecule has 2 aromatic rings. The molecule has 2 amide bonds. The summed E-state index contributed by atoms with van der Waals surface area (Å²) < 4.78 is 16.7. The number of hydrogen-bond donors (Lipinski definition) is 1. The molecule has 0 spiro atoms. The maximum atomic E-state index is 13.2. The quantitative estimate of drug-likeness (QED) is 0.328. The molecule has 1 fully saturated rings. The minimum atomic E-state index is -0.595. The second-order valence-corrected chi connectivity index (χ2v) is 8.05. The number of thiocarbonyl (C=S) groups is 1. The molecule has 1 heterocycles. The number of carbonyl (C=O) groups excluding carboxylic acids is 2. The van der Waals surface area contributed by atoms with E-state index in [4.69, 9.17) is 38.0 Å². The topological polar surface area (TPSA) is 77.1 Å². The van der Waals surface area contributed by atoms with Gasteiger partial charge < -0.3 is 14.2 Å². The van der Waals surface area contributed by atoms with Gasteiger partial charge in [0.15, 0.2) is 16.6 Å². The molecule has 1 N–H and O–H groups in total. The zero-order chi connectivity index (χ0) is 24.1. The van der Waals surface area contributed by atoms with Crippen LogP contribution in [0, 0.1) is 0 Å². The summed E-state index contributed by atoms with van der Waals surface area (Å²) in [4.78, 5) is 27.1. The Morgan fingerprint density at radius 2 is 1.88 bits per heavy atom. The molecule has 0 aliphatic carbocycles. The Labute approximate surface area is 203 Å². The van der Waals surface area contributed by atoms with E-state index in [0.29, 0.717) is 40.1 Å². The molecule has 1 atom stereocenters. The summed E-state index contributed by atoms with van der Waals surface area (Å²) in [6, 6.07) is 10.1. The molecule has 33 heavy (non-hydrogen) atoms. The van der Waals surface area contributed by atoms with Crippen LogP contribution in [0.25, 0.3) is 6.08 Å². The second-order valence-electron chi connectivity index (χ2n) is 7.26. The number of amides is 2. The lowest BCUT2D eigenvalue weighted by Gasteiger charge is -2.29. The van der Waals surface area contributed by atoms with Crippen molar-refractivity contribution in [2.45, 2.75) is 33.3 Å². The molecule has 1 aliphatic rings. The third-order valence-electron chi connectivity index (χ3n) is 4.96. The molecule has 0 radical (unpaired) electrons. The lowest BCUT2D eigenvalue weighted by molar-refractivity contribution is -0.122. The predicted octanol–water partition coefficient (Wildman–Crippen LogP) is 4.76. The molecule has 0 bridgehead atoms. The number of halogens is 1. The average Bonchev–Trinajstić information content (AvgIpc) is 2.79. The summed E-state index contributed by atoms with van der Waals surface area (Å²) >= 11 is 11.7. The summed E-state index contributed by atoms with van der Waals surface area (Å²) in [6.45, 7) is 6.33. The Bertz CT molecular complexity index is 1100. The summed E-state index contributed by atoms with van der Waals surface area (Å²) in [6.07, 6.45) is 2.18. The van der Waals surface area contributed by atoms with Crippen LogP contribution in [0.15, 0.2) is 42.0 Å². The fourth-order valence-electron chi connectivity index (χ4n) is 3.14. The highest BCUT2D eigenvalue weighted by atomic mass is 35.5. The largest absolute Gasteiger partial charge is 0.494 e. The first-order valence-electron chi connectivity index (χ1n) is 10.5. The maximum absolute atomic E-state index is 13.2. The van der Waals surface area contributed by atoms with Crippen LogP contribution >= 0.6 is 23.8 Å². The highest BCUT2D eigenvalue weighted by molar-refractivity contribution is 7.80. The molecule has 174 valence electrons. The first-order valence-corrected chi connectivity index (χ1v) is 11.3. The zero-order valence-corrected chi connectivity index (χ0v) is 20.4. The molecular formula is C24H25ClN2O5S. The van der Waals surface area contributed by atoms with Gasteiger partial charge in [-0.3, -0.25) is 19.8 Å². The van der Waals surface area contributed by atoms with Crippen molar-refractivity contribution in [1.29, 1.82) is 0 Å². The first-order chi connectivity index (χ1) is 15.8. The van der Waals surface area contributed by atoms with Crippen LogP contribution in [-0.2, 0) is 9.59 Å². The van der Waals surface area contributed by atoms with Gasteiger partial charge in [-0.25, -0.2) is 0 Å². The van der Waals surface area contributed by atoms with Gasteiger partial charge in [0.05, 0.1) is 30.5 Å². The van der Waals surface area contributed by atoms with Gasteiger partial charge in [-0.05, 0) is 80.5 Å². The fourth-order valence-corrected chi connectivity index (χ4v) is 3.68. The van der Waals surface area contributed by atoms with Gasteiger partial charge in [0.2, 0.25) is 0 Å². The van der Waals surface area contributed by atoms with Crippen molar-refractivity contribution in [2.75, 3.05) is 18.6 Å². The van der Waals surface area contributed by atoms with Crippen molar-refractivity contribution in [3.8, 4) is 17.2 Å². The minimum absolute atomic E-state index is 0.000719. The van der Waals surface area contributed by atoms with Crippen LogP contribution in [0.4, 0.5) is 5.69 Å². The van der Waals surface area contributed by atoms with E-state index in [-0.39, 0.29) is 16.8 Å². The van der Waals surface area contributed by atoms with Crippen LogP contribution in [0.2, 0.25) is 5.02 Å². The predicted molar refractivity (Wildman–Crippen MR) is 132 cm³/mol. The maximum Gasteiger partial charge on any atom is 0.270 e. The van der Waals surface area contributed by atoms with Crippen molar-refractivity contribution in [3.05, 3.63) is 52.6 Å². The fraction of sp³-hybridized carbons (Fsp3) is 0.292. The molecule has 9 heteroatoms. The van der Waals surface area contributed by atoms with Gasteiger partial charge in [0.1, 0.15) is 11.3 Å². The molecule has 1 aliphatic heterocycles. The number of benzene rings is 2. The van der Waals surface area contributed by atoms with E-state index < -0.39 is 11.8 Å². The van der Waals surface area contributed by atoms with Gasteiger partial charge >= 0.3 is 0 Å². The van der Waals surface area contributed by atoms with Gasteiger partial charge in [-0.1, -0.05) is 18.5 Å². The van der Waals surface area contributed by atoms with E-state index in [1.165, 1.54) is 18.1 Å². The lowest BCUT2D eigenvalue weighted by Crippen LogP contribution is -2.54. The van der Waals surface area contributed by atoms with Crippen LogP contribution in [-0.4, -0.2) is 36.7 Å². The minimum Gasteiger partial charge on any atom is -0.494 e. The number of anilines is 1. The molecule has 0 unspecified atom stereocenters. The first kappa shape index (κ1) is 24.5. The Morgan fingerprint density at radius 1 is 1.18 bits per heavy atom. The van der Waals surface area contributed by atoms with Crippen molar-refractivity contribution < 1.29 is 23.8 Å². The molecule has 2 aromatic carbocycles. The standard InChI is InChI=1S/C24H25ClN2O5S/c1-5-14(3)32-21-19(25)12-15(13-20(21)30-4)11-18-22(28)26-24(33)27(23(18)29)16-7-9-17(10-8-16)31-6-2/h7-14H,5-6H2,1-4H3,(H,26,28,33)/b18-11+/t14-/m0/s1. The SMILES string of the molecule is CCOc1ccc(N2C(=O)/C(=C/c3cc(Cl)c(O[C@@H](C)CC)c(OC)c3)C(=O)NC2=S)cc1. The monoisotopic (exact) mass is 488 g/mol. The Hall–Kier alpha value is -3.10. The van der Waals surface area contributed by atoms with Crippen molar-refractivity contribution in [3.63, 3.8) is 0 Å². The molecule has 7 nitrogen and oxygen atoms in total. The van der Waals surface area contributed by atoms with E-state index in [1.807, 2.05) is 20.8 Å². The van der Waals surface area contributed by atoms with E-state index in [0.717, 1.165) is 6.42 Å². The van der Waals surface area contributed by atoms with Gasteiger partial charge in [0.25, 0.3) is 11.8 Å². The third kappa shape index (κ3) is 5.46. The van der Waals surface area contributed by atoms with Crippen LogP contribution in [0.5, 0.6) is 17.2 Å². The molecule has 1 saturated heterocycles. The number of nitrogens with zero attached hydrogens (tertiary/aromatic N) is 1. The number of hydrogen-bond acceptors (Lipinski definition) is 6. The van der Waals surface area contributed by atoms with E-state index in [9.17, 15) is 9.59 Å². The summed E-state index contributed by atoms with van der Waals surface area (Å²) in [5.74, 6) is 0.326. The smallest absolute Gasteiger partial charge is 0.270 e. The molecule has 0 saturated carbocycles. The Balaban J connectivity index is 1.96. The number of methoxy groups -OCH3 is 1. The van der Waals surface area contributed by atoms with E-state index in [2.05, 4.69) is 5.32 Å².